The number of aromatic nitrogens is 5. The molecule has 136 valence electrons. The van der Waals surface area contributed by atoms with E-state index in [4.69, 9.17) is 0 Å². The molecule has 2 aromatic rings. The van der Waals surface area contributed by atoms with Gasteiger partial charge in [-0.15, -0.1) is 0 Å². The fourth-order valence-corrected chi connectivity index (χ4v) is 3.47. The number of nitrogens with one attached hydrogen (secondary N) is 1. The van der Waals surface area contributed by atoms with Gasteiger partial charge >= 0.3 is 6.18 Å². The van der Waals surface area contributed by atoms with E-state index >= 15 is 0 Å². The Morgan fingerprint density at radius 1 is 1.28 bits per heavy atom. The first kappa shape index (κ1) is 16.6. The van der Waals surface area contributed by atoms with Crippen LogP contribution in [-0.2, 0) is 25.7 Å². The Morgan fingerprint density at radius 3 is 2.80 bits per heavy atom. The minimum atomic E-state index is -4.37. The highest BCUT2D eigenvalue weighted by Gasteiger charge is 2.36. The van der Waals surface area contributed by atoms with Gasteiger partial charge in [-0.05, 0) is 32.2 Å². The van der Waals surface area contributed by atoms with Crippen molar-refractivity contribution in [1.29, 1.82) is 0 Å². The molecule has 9 heteroatoms. The zero-order chi connectivity index (χ0) is 17.6. The van der Waals surface area contributed by atoms with Gasteiger partial charge in [0.05, 0.1) is 6.54 Å². The first-order chi connectivity index (χ1) is 11.9. The first-order valence-electron chi connectivity index (χ1n) is 8.61. The highest BCUT2D eigenvalue weighted by molar-refractivity contribution is 5.10. The van der Waals surface area contributed by atoms with E-state index in [2.05, 4.69) is 25.1 Å². The summed E-state index contributed by atoms with van der Waals surface area (Å²) in [5.41, 5.74) is -0.786. The largest absolute Gasteiger partial charge is 0.434 e. The van der Waals surface area contributed by atoms with Crippen LogP contribution in [0.25, 0.3) is 0 Å². The molecule has 2 aliphatic rings. The van der Waals surface area contributed by atoms with Gasteiger partial charge < -0.3 is 4.57 Å². The number of hydrogen-bond donors (Lipinski definition) is 1. The van der Waals surface area contributed by atoms with E-state index in [-0.39, 0.29) is 0 Å². The standard InChI is InChI=1S/C16H21F3N6/c1-24(9-13-21-15(23-22-13)11-3-4-11)6-10-2-5-14-20-12(16(17,18)19)8-25(14)7-10/h8,10-11H,2-7,9H2,1H3,(H,21,22,23). The summed E-state index contributed by atoms with van der Waals surface area (Å²) in [4.78, 5) is 10.4. The lowest BCUT2D eigenvalue weighted by Crippen LogP contribution is -2.31. The molecule has 1 atom stereocenters. The number of H-pyrrole nitrogens is 1. The fraction of sp³-hybridized carbons (Fsp3) is 0.688. The highest BCUT2D eigenvalue weighted by Crippen LogP contribution is 2.37. The second-order valence-electron chi connectivity index (χ2n) is 7.21. The van der Waals surface area contributed by atoms with Crippen LogP contribution in [-0.4, -0.2) is 43.2 Å². The van der Waals surface area contributed by atoms with Crippen LogP contribution in [0.4, 0.5) is 13.2 Å². The number of fused-ring (bicyclic) bond motifs is 1. The maximum atomic E-state index is 12.8. The van der Waals surface area contributed by atoms with E-state index < -0.39 is 11.9 Å². The van der Waals surface area contributed by atoms with Crippen molar-refractivity contribution in [3.8, 4) is 0 Å². The molecule has 1 N–H and O–H groups in total. The lowest BCUT2D eigenvalue weighted by atomic mass is 9.99. The first-order valence-corrected chi connectivity index (χ1v) is 8.61. The summed E-state index contributed by atoms with van der Waals surface area (Å²) in [5.74, 6) is 3.12. The van der Waals surface area contributed by atoms with Gasteiger partial charge in [0, 0.05) is 31.6 Å². The monoisotopic (exact) mass is 354 g/mol. The van der Waals surface area contributed by atoms with E-state index in [1.54, 1.807) is 4.57 Å². The molecule has 1 unspecified atom stereocenters. The third-order valence-electron chi connectivity index (χ3n) is 4.86. The highest BCUT2D eigenvalue weighted by atomic mass is 19.4. The van der Waals surface area contributed by atoms with Gasteiger partial charge in [0.15, 0.2) is 11.5 Å². The van der Waals surface area contributed by atoms with E-state index in [0.717, 1.165) is 30.8 Å². The molecule has 4 rings (SSSR count). The summed E-state index contributed by atoms with van der Waals surface area (Å²) in [5, 5.41) is 7.24. The summed E-state index contributed by atoms with van der Waals surface area (Å²) < 4.78 is 40.0. The lowest BCUT2D eigenvalue weighted by molar-refractivity contribution is -0.141. The number of aromatic amines is 1. The van der Waals surface area contributed by atoms with Crippen molar-refractivity contribution in [2.75, 3.05) is 13.6 Å². The van der Waals surface area contributed by atoms with Crippen LogP contribution < -0.4 is 0 Å². The van der Waals surface area contributed by atoms with Crippen LogP contribution in [0.1, 0.15) is 48.3 Å². The Morgan fingerprint density at radius 2 is 2.08 bits per heavy atom. The van der Waals surface area contributed by atoms with Crippen molar-refractivity contribution in [3.63, 3.8) is 0 Å². The molecule has 3 heterocycles. The minimum Gasteiger partial charge on any atom is -0.334 e. The van der Waals surface area contributed by atoms with Crippen molar-refractivity contribution >= 4 is 0 Å². The van der Waals surface area contributed by atoms with Crippen molar-refractivity contribution in [2.45, 2.75) is 50.9 Å². The molecule has 1 aliphatic heterocycles. The normalized spacial score (nSPS) is 20.9. The Kier molecular flexibility index (Phi) is 4.05. The number of halogens is 3. The number of nitrogens with zero attached hydrogens (tertiary/aromatic N) is 5. The smallest absolute Gasteiger partial charge is 0.334 e. The fourth-order valence-electron chi connectivity index (χ4n) is 3.47. The lowest BCUT2D eigenvalue weighted by Gasteiger charge is -2.27. The van der Waals surface area contributed by atoms with Gasteiger partial charge in [-0.3, -0.25) is 10.00 Å². The van der Waals surface area contributed by atoms with Gasteiger partial charge in [-0.2, -0.15) is 18.3 Å². The van der Waals surface area contributed by atoms with Crippen molar-refractivity contribution in [2.24, 2.45) is 5.92 Å². The minimum absolute atomic E-state index is 0.304. The van der Waals surface area contributed by atoms with E-state index in [1.165, 1.54) is 12.8 Å². The predicted molar refractivity (Wildman–Crippen MR) is 83.7 cm³/mol. The summed E-state index contributed by atoms with van der Waals surface area (Å²) in [6, 6.07) is 0. The summed E-state index contributed by atoms with van der Waals surface area (Å²) in [6.07, 6.45) is 0.540. The Labute approximate surface area is 143 Å². The van der Waals surface area contributed by atoms with E-state index in [9.17, 15) is 13.2 Å². The number of aryl methyl sites for hydroxylation is 1. The van der Waals surface area contributed by atoms with Crippen LogP contribution >= 0.6 is 0 Å². The molecule has 2 aromatic heterocycles. The van der Waals surface area contributed by atoms with Gasteiger partial charge in [0.2, 0.25) is 0 Å². The second kappa shape index (κ2) is 6.12. The molecule has 0 amide bonds. The Hall–Kier alpha value is -1.90. The molecule has 1 fully saturated rings. The van der Waals surface area contributed by atoms with Crippen LogP contribution in [0.3, 0.4) is 0 Å². The van der Waals surface area contributed by atoms with Gasteiger partial charge in [-0.25, -0.2) is 9.97 Å². The molecule has 6 nitrogen and oxygen atoms in total. The third-order valence-corrected chi connectivity index (χ3v) is 4.86. The molecule has 1 aliphatic carbocycles. The summed E-state index contributed by atoms with van der Waals surface area (Å²) >= 11 is 0. The number of imidazole rings is 1. The molecule has 0 radical (unpaired) electrons. The van der Waals surface area contributed by atoms with Crippen molar-refractivity contribution in [1.82, 2.24) is 29.6 Å². The second-order valence-corrected chi connectivity index (χ2v) is 7.21. The zero-order valence-electron chi connectivity index (χ0n) is 14.1. The third kappa shape index (κ3) is 3.70. The average Bonchev–Trinajstić information content (AvgIpc) is 3.12. The van der Waals surface area contributed by atoms with Gasteiger partial charge in [0.25, 0.3) is 0 Å². The van der Waals surface area contributed by atoms with Crippen LogP contribution in [0, 0.1) is 5.92 Å². The molecular formula is C16H21F3N6. The van der Waals surface area contributed by atoms with E-state index in [0.29, 0.717) is 37.2 Å². The number of rotatable bonds is 5. The molecule has 0 bridgehead atoms. The molecule has 0 saturated heterocycles. The van der Waals surface area contributed by atoms with Crippen LogP contribution in [0.5, 0.6) is 0 Å². The maximum absolute atomic E-state index is 12.8. The molecule has 0 aromatic carbocycles. The predicted octanol–water partition coefficient (Wildman–Crippen LogP) is 2.59. The van der Waals surface area contributed by atoms with Crippen molar-refractivity contribution in [3.05, 3.63) is 29.4 Å². The SMILES string of the molecule is CN(Cc1nc(C2CC2)n[nH]1)CC1CCc2nc(C(F)(F)F)cn2C1. The van der Waals surface area contributed by atoms with Gasteiger partial charge in [-0.1, -0.05) is 0 Å². The quantitative estimate of drug-likeness (QED) is 0.897. The molecular weight excluding hydrogens is 333 g/mol. The van der Waals surface area contributed by atoms with E-state index in [1.807, 2.05) is 7.05 Å². The molecule has 1 saturated carbocycles. The topological polar surface area (TPSA) is 62.6 Å². The summed E-state index contributed by atoms with van der Waals surface area (Å²) in [7, 11) is 2.00. The summed E-state index contributed by atoms with van der Waals surface area (Å²) in [6.45, 7) is 2.05. The number of hydrogen-bond acceptors (Lipinski definition) is 4. The number of alkyl halides is 3. The Balaban J connectivity index is 1.34. The zero-order valence-corrected chi connectivity index (χ0v) is 14.1. The Bertz CT molecular complexity index is 745. The van der Waals surface area contributed by atoms with Crippen LogP contribution in [0.2, 0.25) is 0 Å². The maximum Gasteiger partial charge on any atom is 0.434 e. The van der Waals surface area contributed by atoms with Crippen molar-refractivity contribution < 1.29 is 13.2 Å². The molecule has 0 spiro atoms. The average molecular weight is 354 g/mol. The molecule has 25 heavy (non-hydrogen) atoms. The van der Waals surface area contributed by atoms with Crippen LogP contribution in [0.15, 0.2) is 6.20 Å². The van der Waals surface area contributed by atoms with Gasteiger partial charge in [0.1, 0.15) is 11.6 Å².